The van der Waals surface area contributed by atoms with Gasteiger partial charge in [-0.3, -0.25) is 0 Å². The van der Waals surface area contributed by atoms with E-state index >= 15 is 0 Å². The summed E-state index contributed by atoms with van der Waals surface area (Å²) in [5.74, 6) is -2.07. The second-order valence-corrected chi connectivity index (χ2v) is 7.94. The van der Waals surface area contributed by atoms with Crippen molar-refractivity contribution in [1.82, 2.24) is 0 Å². The summed E-state index contributed by atoms with van der Waals surface area (Å²) in [5, 5.41) is 0. The Morgan fingerprint density at radius 2 is 1.63 bits per heavy atom. The molecule has 1 aromatic carbocycles. The van der Waals surface area contributed by atoms with Gasteiger partial charge in [-0.2, -0.15) is 0 Å². The van der Waals surface area contributed by atoms with Crippen LogP contribution in [-0.4, -0.2) is 6.36 Å². The predicted octanol–water partition coefficient (Wildman–Crippen LogP) is 7.13. The average molecular weight is 388 g/mol. The highest BCUT2D eigenvalue weighted by Gasteiger charge is 2.37. The second-order valence-electron chi connectivity index (χ2n) is 7.94. The first-order valence-electron chi connectivity index (χ1n) is 9.62. The van der Waals surface area contributed by atoms with Gasteiger partial charge in [0.05, 0.1) is 0 Å². The molecule has 2 aliphatic rings. The van der Waals surface area contributed by atoms with E-state index in [4.69, 9.17) is 0 Å². The molecule has 3 rings (SSSR count). The van der Waals surface area contributed by atoms with Crippen LogP contribution in [0.1, 0.15) is 62.8 Å². The first-order chi connectivity index (χ1) is 12.8. The molecular formula is C21H25F5O. The van der Waals surface area contributed by atoms with Crippen LogP contribution in [0.15, 0.2) is 24.8 Å². The van der Waals surface area contributed by atoms with E-state index in [0.29, 0.717) is 17.4 Å². The number of halogens is 5. The van der Waals surface area contributed by atoms with Crippen molar-refractivity contribution in [2.75, 3.05) is 0 Å². The third-order valence-corrected chi connectivity index (χ3v) is 6.21. The molecule has 0 spiro atoms. The topological polar surface area (TPSA) is 9.23 Å². The SMILES string of the molecule is C=CCC[C@@H]1CC[C@@H]2CC(c3cc(F)c(OC(F)(F)F)c(F)c3)CC[C@@H]2C1. The van der Waals surface area contributed by atoms with Gasteiger partial charge in [-0.25, -0.2) is 8.78 Å². The molecule has 0 heterocycles. The van der Waals surface area contributed by atoms with Gasteiger partial charge in [-0.05, 0) is 86.3 Å². The molecule has 0 amide bonds. The van der Waals surface area contributed by atoms with E-state index in [0.717, 1.165) is 50.2 Å². The standard InChI is InChI=1S/C21H25F5O/c1-2-3-4-13-5-6-15-10-16(8-7-14(15)9-13)17-11-18(22)20(19(23)12-17)27-21(24,25)26/h2,11-16H,1,3-10H2/t13-,14-,15-,16?/m1/s1. The van der Waals surface area contributed by atoms with Gasteiger partial charge in [-0.15, -0.1) is 19.8 Å². The Morgan fingerprint density at radius 1 is 1.00 bits per heavy atom. The van der Waals surface area contributed by atoms with Gasteiger partial charge >= 0.3 is 6.36 Å². The van der Waals surface area contributed by atoms with Gasteiger partial charge < -0.3 is 4.74 Å². The lowest BCUT2D eigenvalue weighted by Gasteiger charge is -2.42. The number of hydrogen-bond donors (Lipinski definition) is 0. The van der Waals surface area contributed by atoms with Crippen molar-refractivity contribution in [3.8, 4) is 5.75 Å². The number of hydrogen-bond acceptors (Lipinski definition) is 1. The average Bonchev–Trinajstić information content (AvgIpc) is 2.61. The van der Waals surface area contributed by atoms with Crippen molar-refractivity contribution in [2.24, 2.45) is 17.8 Å². The highest BCUT2D eigenvalue weighted by Crippen LogP contribution is 2.48. The number of fused-ring (bicyclic) bond motifs is 1. The van der Waals surface area contributed by atoms with Crippen molar-refractivity contribution in [1.29, 1.82) is 0 Å². The van der Waals surface area contributed by atoms with Crippen molar-refractivity contribution < 1.29 is 26.7 Å². The molecule has 4 atom stereocenters. The Bertz CT molecular complexity index is 646. The molecular weight excluding hydrogens is 363 g/mol. The molecule has 27 heavy (non-hydrogen) atoms. The predicted molar refractivity (Wildman–Crippen MR) is 93.4 cm³/mol. The van der Waals surface area contributed by atoms with E-state index in [1.807, 2.05) is 6.08 Å². The Balaban J connectivity index is 1.66. The lowest BCUT2D eigenvalue weighted by atomic mass is 9.63. The number of allylic oxidation sites excluding steroid dienone is 1. The molecule has 1 unspecified atom stereocenters. The van der Waals surface area contributed by atoms with Crippen LogP contribution in [0.2, 0.25) is 0 Å². The summed E-state index contributed by atoms with van der Waals surface area (Å²) in [7, 11) is 0. The maximum atomic E-state index is 14.0. The minimum absolute atomic E-state index is 0.0140. The smallest absolute Gasteiger partial charge is 0.399 e. The van der Waals surface area contributed by atoms with Gasteiger partial charge in [0, 0.05) is 0 Å². The van der Waals surface area contributed by atoms with Gasteiger partial charge in [-0.1, -0.05) is 12.5 Å². The molecule has 6 heteroatoms. The number of ether oxygens (including phenoxy) is 1. The summed E-state index contributed by atoms with van der Waals surface area (Å²) >= 11 is 0. The normalized spacial score (nSPS) is 28.5. The Morgan fingerprint density at radius 3 is 2.26 bits per heavy atom. The molecule has 0 bridgehead atoms. The Hall–Kier alpha value is -1.59. The quantitative estimate of drug-likeness (QED) is 0.385. The minimum Gasteiger partial charge on any atom is -0.399 e. The molecule has 0 aliphatic heterocycles. The fraction of sp³-hybridized carbons (Fsp3) is 0.619. The van der Waals surface area contributed by atoms with Crippen LogP contribution in [0, 0.1) is 29.4 Å². The van der Waals surface area contributed by atoms with Crippen molar-refractivity contribution in [2.45, 2.75) is 63.6 Å². The molecule has 2 aliphatic carbocycles. The summed E-state index contributed by atoms with van der Waals surface area (Å²) < 4.78 is 68.4. The summed E-state index contributed by atoms with van der Waals surface area (Å²) in [6.07, 6.45) is 5.19. The number of benzene rings is 1. The van der Waals surface area contributed by atoms with Crippen LogP contribution in [-0.2, 0) is 0 Å². The van der Waals surface area contributed by atoms with Crippen molar-refractivity contribution >= 4 is 0 Å². The highest BCUT2D eigenvalue weighted by molar-refractivity contribution is 5.33. The largest absolute Gasteiger partial charge is 0.573 e. The van der Waals surface area contributed by atoms with Crippen LogP contribution in [0.4, 0.5) is 22.0 Å². The molecule has 0 radical (unpaired) electrons. The Labute approximate surface area is 156 Å². The van der Waals surface area contributed by atoms with Crippen molar-refractivity contribution in [3.63, 3.8) is 0 Å². The van der Waals surface area contributed by atoms with E-state index in [9.17, 15) is 22.0 Å². The van der Waals surface area contributed by atoms with E-state index in [1.165, 1.54) is 19.3 Å². The van der Waals surface area contributed by atoms with E-state index < -0.39 is 23.7 Å². The van der Waals surface area contributed by atoms with E-state index in [-0.39, 0.29) is 5.92 Å². The molecule has 0 saturated heterocycles. The molecule has 0 aromatic heterocycles. The first-order valence-corrected chi connectivity index (χ1v) is 9.62. The van der Waals surface area contributed by atoms with Crippen LogP contribution in [0.5, 0.6) is 5.75 Å². The zero-order chi connectivity index (χ0) is 19.6. The third-order valence-electron chi connectivity index (χ3n) is 6.21. The van der Waals surface area contributed by atoms with Gasteiger partial charge in [0.15, 0.2) is 11.6 Å². The summed E-state index contributed by atoms with van der Waals surface area (Å²) in [4.78, 5) is 0. The third kappa shape index (κ3) is 5.02. The van der Waals surface area contributed by atoms with Crippen LogP contribution in [0.25, 0.3) is 0 Å². The first kappa shape index (κ1) is 20.2. The monoisotopic (exact) mass is 388 g/mol. The fourth-order valence-corrected chi connectivity index (χ4v) is 4.93. The zero-order valence-corrected chi connectivity index (χ0v) is 15.2. The highest BCUT2D eigenvalue weighted by atomic mass is 19.4. The minimum atomic E-state index is -5.12. The molecule has 1 nitrogen and oxygen atoms in total. The molecule has 2 fully saturated rings. The maximum Gasteiger partial charge on any atom is 0.573 e. The second kappa shape index (κ2) is 8.19. The molecule has 150 valence electrons. The summed E-state index contributed by atoms with van der Waals surface area (Å²) in [6, 6.07) is 2.01. The molecule has 1 aromatic rings. The van der Waals surface area contributed by atoms with Crippen molar-refractivity contribution in [3.05, 3.63) is 42.0 Å². The van der Waals surface area contributed by atoms with E-state index in [1.54, 1.807) is 0 Å². The van der Waals surface area contributed by atoms with Gasteiger partial charge in [0.1, 0.15) is 0 Å². The van der Waals surface area contributed by atoms with Crippen LogP contribution in [0.3, 0.4) is 0 Å². The Kier molecular flexibility index (Phi) is 6.11. The number of alkyl halides is 3. The lowest BCUT2D eigenvalue weighted by Crippen LogP contribution is -2.30. The lowest BCUT2D eigenvalue weighted by molar-refractivity contribution is -0.276. The van der Waals surface area contributed by atoms with Crippen LogP contribution < -0.4 is 4.74 Å². The van der Waals surface area contributed by atoms with Crippen LogP contribution >= 0.6 is 0 Å². The van der Waals surface area contributed by atoms with E-state index in [2.05, 4.69) is 11.3 Å². The zero-order valence-electron chi connectivity index (χ0n) is 15.2. The number of rotatable bonds is 5. The molecule has 2 saturated carbocycles. The van der Waals surface area contributed by atoms with Gasteiger partial charge in [0.2, 0.25) is 5.75 Å². The fourth-order valence-electron chi connectivity index (χ4n) is 4.93. The molecule has 0 N–H and O–H groups in total. The summed E-state index contributed by atoms with van der Waals surface area (Å²) in [5.41, 5.74) is 0.437. The summed E-state index contributed by atoms with van der Waals surface area (Å²) in [6.45, 7) is 3.78. The van der Waals surface area contributed by atoms with Gasteiger partial charge in [0.25, 0.3) is 0 Å². The maximum absolute atomic E-state index is 14.0.